The highest BCUT2D eigenvalue weighted by atomic mass is 16.6. The van der Waals surface area contributed by atoms with E-state index in [4.69, 9.17) is 28.4 Å². The van der Waals surface area contributed by atoms with Crippen LogP contribution in [0.2, 0.25) is 0 Å². The van der Waals surface area contributed by atoms with Gasteiger partial charge in [0.05, 0.1) is 63.6 Å². The van der Waals surface area contributed by atoms with Gasteiger partial charge in [0.1, 0.15) is 0 Å². The van der Waals surface area contributed by atoms with Gasteiger partial charge in [0.2, 0.25) is 0 Å². The third-order valence-electron chi connectivity index (χ3n) is 3.27. The van der Waals surface area contributed by atoms with Gasteiger partial charge in [-0.05, 0) is 34.6 Å². The first-order chi connectivity index (χ1) is 10.9. The molecule has 140 valence electrons. The van der Waals surface area contributed by atoms with Gasteiger partial charge < -0.3 is 28.4 Å². The highest BCUT2D eigenvalue weighted by Crippen LogP contribution is 2.03. The minimum Gasteiger partial charge on any atom is -0.382 e. The molecule has 0 aromatic carbocycles. The third kappa shape index (κ3) is 13.9. The van der Waals surface area contributed by atoms with Gasteiger partial charge in [0, 0.05) is 14.2 Å². The summed E-state index contributed by atoms with van der Waals surface area (Å²) in [5, 5.41) is 0. The Morgan fingerprint density at radius 3 is 1.09 bits per heavy atom. The fourth-order valence-electron chi connectivity index (χ4n) is 1.69. The zero-order valence-electron chi connectivity index (χ0n) is 15.9. The molecule has 0 saturated carbocycles. The van der Waals surface area contributed by atoms with Gasteiger partial charge in [-0.15, -0.1) is 0 Å². The molecule has 0 aliphatic carbocycles. The molecule has 0 bridgehead atoms. The van der Waals surface area contributed by atoms with Crippen molar-refractivity contribution in [3.05, 3.63) is 0 Å². The smallest absolute Gasteiger partial charge is 0.0781 e. The van der Waals surface area contributed by atoms with Crippen LogP contribution in [0, 0.1) is 0 Å². The van der Waals surface area contributed by atoms with E-state index in [0.717, 1.165) is 0 Å². The molecule has 0 saturated heterocycles. The molecule has 0 fully saturated rings. The molecule has 0 aromatic rings. The summed E-state index contributed by atoms with van der Waals surface area (Å²) >= 11 is 0. The summed E-state index contributed by atoms with van der Waals surface area (Å²) < 4.78 is 32.9. The van der Waals surface area contributed by atoms with Crippen LogP contribution in [0.1, 0.15) is 34.6 Å². The van der Waals surface area contributed by atoms with Crippen LogP contribution in [0.15, 0.2) is 0 Å². The van der Waals surface area contributed by atoms with Crippen LogP contribution in [0.4, 0.5) is 0 Å². The van der Waals surface area contributed by atoms with Crippen molar-refractivity contribution < 1.29 is 28.4 Å². The Labute approximate surface area is 141 Å². The SMILES string of the molecule is COCC(C)OCC(C)OCC(C)OCC(C)OCC(C)OC. The van der Waals surface area contributed by atoms with Gasteiger partial charge >= 0.3 is 0 Å². The van der Waals surface area contributed by atoms with Crippen LogP contribution >= 0.6 is 0 Å². The molecule has 6 heteroatoms. The number of hydrogen-bond donors (Lipinski definition) is 0. The normalized spacial score (nSPS) is 18.4. The lowest BCUT2D eigenvalue weighted by Gasteiger charge is -2.21. The molecule has 0 aliphatic rings. The first kappa shape index (κ1) is 22.8. The molecule has 0 aliphatic heterocycles. The molecule has 0 spiro atoms. The minimum absolute atomic E-state index is 0.0137. The maximum atomic E-state index is 5.73. The highest BCUT2D eigenvalue weighted by Gasteiger charge is 2.12. The van der Waals surface area contributed by atoms with Crippen molar-refractivity contribution in [1.29, 1.82) is 0 Å². The van der Waals surface area contributed by atoms with Crippen LogP contribution in [0.3, 0.4) is 0 Å². The molecule has 6 nitrogen and oxygen atoms in total. The van der Waals surface area contributed by atoms with Gasteiger partial charge in [-0.3, -0.25) is 0 Å². The Kier molecular flexibility index (Phi) is 14.0. The molecule has 0 heterocycles. The maximum Gasteiger partial charge on any atom is 0.0781 e. The molecular formula is C17H36O6. The molecule has 23 heavy (non-hydrogen) atoms. The maximum absolute atomic E-state index is 5.73. The van der Waals surface area contributed by atoms with Gasteiger partial charge in [-0.25, -0.2) is 0 Å². The Morgan fingerprint density at radius 2 is 0.783 bits per heavy atom. The first-order valence-electron chi connectivity index (χ1n) is 8.37. The van der Waals surface area contributed by atoms with Gasteiger partial charge in [0.25, 0.3) is 0 Å². The molecule has 5 atom stereocenters. The van der Waals surface area contributed by atoms with Crippen molar-refractivity contribution in [3.8, 4) is 0 Å². The van der Waals surface area contributed by atoms with Gasteiger partial charge in [0.15, 0.2) is 0 Å². The quantitative estimate of drug-likeness (QED) is 0.457. The number of methoxy groups -OCH3 is 2. The summed E-state index contributed by atoms with van der Waals surface area (Å²) in [6.45, 7) is 12.7. The molecule has 0 radical (unpaired) electrons. The molecule has 5 unspecified atom stereocenters. The summed E-state index contributed by atoms with van der Waals surface area (Å²) in [7, 11) is 3.34. The van der Waals surface area contributed by atoms with Crippen LogP contribution in [-0.2, 0) is 28.4 Å². The van der Waals surface area contributed by atoms with E-state index in [9.17, 15) is 0 Å². The predicted octanol–water partition coefficient (Wildman–Crippen LogP) is 2.29. The third-order valence-corrected chi connectivity index (χ3v) is 3.27. The standard InChI is InChI=1S/C17H36O6/c1-13(19-7)9-20-15(3)11-22-17(5)12-23-16(4)10-21-14(2)8-18-6/h13-17H,8-12H2,1-7H3. The zero-order chi connectivity index (χ0) is 17.7. The van der Waals surface area contributed by atoms with E-state index in [2.05, 4.69) is 0 Å². The second kappa shape index (κ2) is 14.1. The minimum atomic E-state index is 0.0137. The average molecular weight is 336 g/mol. The highest BCUT2D eigenvalue weighted by molar-refractivity contribution is 4.57. The average Bonchev–Trinajstić information content (AvgIpc) is 2.54. The monoisotopic (exact) mass is 336 g/mol. The lowest BCUT2D eigenvalue weighted by molar-refractivity contribution is -0.0963. The lowest BCUT2D eigenvalue weighted by atomic mass is 10.3. The topological polar surface area (TPSA) is 55.4 Å². The van der Waals surface area contributed by atoms with E-state index < -0.39 is 0 Å². The van der Waals surface area contributed by atoms with Crippen LogP contribution in [-0.4, -0.2) is 77.8 Å². The van der Waals surface area contributed by atoms with Crippen LogP contribution in [0.25, 0.3) is 0 Å². The fraction of sp³-hybridized carbons (Fsp3) is 1.00. The lowest BCUT2D eigenvalue weighted by Crippen LogP contribution is -2.29. The van der Waals surface area contributed by atoms with Crippen molar-refractivity contribution in [1.82, 2.24) is 0 Å². The molecule has 0 rings (SSSR count). The van der Waals surface area contributed by atoms with Crippen molar-refractivity contribution in [2.45, 2.75) is 65.1 Å². The van der Waals surface area contributed by atoms with Crippen molar-refractivity contribution >= 4 is 0 Å². The molecule has 0 N–H and O–H groups in total. The molecular weight excluding hydrogens is 300 g/mol. The summed E-state index contributed by atoms with van der Waals surface area (Å²) in [5.74, 6) is 0. The second-order valence-corrected chi connectivity index (χ2v) is 6.08. The summed E-state index contributed by atoms with van der Waals surface area (Å²) in [6, 6.07) is 0. The molecule has 0 amide bonds. The number of hydrogen-bond acceptors (Lipinski definition) is 6. The van der Waals surface area contributed by atoms with E-state index in [-0.39, 0.29) is 30.5 Å². The summed E-state index contributed by atoms with van der Waals surface area (Å²) in [6.07, 6.45) is 0.244. The number of ether oxygens (including phenoxy) is 6. The Bertz CT molecular complexity index is 263. The summed E-state index contributed by atoms with van der Waals surface area (Å²) in [5.41, 5.74) is 0. The van der Waals surface area contributed by atoms with E-state index >= 15 is 0 Å². The fourth-order valence-corrected chi connectivity index (χ4v) is 1.69. The zero-order valence-corrected chi connectivity index (χ0v) is 15.9. The Balaban J connectivity index is 3.67. The van der Waals surface area contributed by atoms with E-state index in [1.54, 1.807) is 14.2 Å². The van der Waals surface area contributed by atoms with Crippen LogP contribution in [0.5, 0.6) is 0 Å². The van der Waals surface area contributed by atoms with Crippen molar-refractivity contribution in [2.24, 2.45) is 0 Å². The largest absolute Gasteiger partial charge is 0.382 e. The van der Waals surface area contributed by atoms with Crippen molar-refractivity contribution in [2.75, 3.05) is 47.3 Å². The predicted molar refractivity (Wildman–Crippen MR) is 90.0 cm³/mol. The van der Waals surface area contributed by atoms with Crippen molar-refractivity contribution in [3.63, 3.8) is 0 Å². The molecule has 0 aromatic heterocycles. The van der Waals surface area contributed by atoms with Crippen LogP contribution < -0.4 is 0 Å². The number of rotatable bonds is 15. The van der Waals surface area contributed by atoms with E-state index in [1.165, 1.54) is 0 Å². The summed E-state index contributed by atoms with van der Waals surface area (Å²) in [4.78, 5) is 0. The second-order valence-electron chi connectivity index (χ2n) is 6.08. The first-order valence-corrected chi connectivity index (χ1v) is 8.37. The van der Waals surface area contributed by atoms with E-state index in [1.807, 2.05) is 34.6 Å². The van der Waals surface area contributed by atoms with E-state index in [0.29, 0.717) is 33.0 Å². The Morgan fingerprint density at radius 1 is 0.478 bits per heavy atom. The Hall–Kier alpha value is -0.240. The van der Waals surface area contributed by atoms with Gasteiger partial charge in [-0.1, -0.05) is 0 Å². The van der Waals surface area contributed by atoms with Gasteiger partial charge in [-0.2, -0.15) is 0 Å².